The number of nitrogens with zero attached hydrogens (tertiary/aromatic N) is 1. The number of ether oxygens (including phenoxy) is 2. The quantitative estimate of drug-likeness (QED) is 0.676. The predicted molar refractivity (Wildman–Crippen MR) is 123 cm³/mol. The van der Waals surface area contributed by atoms with Crippen molar-refractivity contribution in [1.29, 1.82) is 0 Å². The number of rotatable bonds is 7. The molecule has 0 aliphatic carbocycles. The molecule has 1 unspecified atom stereocenters. The first-order valence-electron chi connectivity index (χ1n) is 11.3. The normalized spacial score (nSPS) is 19.9. The van der Waals surface area contributed by atoms with Gasteiger partial charge in [0.25, 0.3) is 5.91 Å². The monoisotopic (exact) mass is 458 g/mol. The molecule has 1 N–H and O–H groups in total. The molecule has 2 aromatic rings. The maximum absolute atomic E-state index is 12.9. The van der Waals surface area contributed by atoms with Crippen molar-refractivity contribution in [3.63, 3.8) is 0 Å². The summed E-state index contributed by atoms with van der Waals surface area (Å²) in [6.07, 6.45) is 5.96. The average molecular weight is 459 g/mol. The molecule has 2 saturated heterocycles. The third-order valence-corrected chi connectivity index (χ3v) is 7.81. The number of amides is 1. The first kappa shape index (κ1) is 22.8. The molecule has 172 valence electrons. The van der Waals surface area contributed by atoms with Gasteiger partial charge in [0.05, 0.1) is 16.6 Å². The number of anilines is 1. The minimum Gasteiger partial charge on any atom is -0.490 e. The summed E-state index contributed by atoms with van der Waals surface area (Å²) in [6, 6.07) is 13.4. The molecule has 2 heterocycles. The fraction of sp³-hybridized carbons (Fsp3) is 0.458. The Balaban J connectivity index is 1.42. The first-order chi connectivity index (χ1) is 15.5. The Kier molecular flexibility index (Phi) is 7.44. The molecule has 2 aliphatic rings. The molecule has 32 heavy (non-hydrogen) atoms. The van der Waals surface area contributed by atoms with Crippen LogP contribution < -0.4 is 10.1 Å². The van der Waals surface area contributed by atoms with Crippen molar-refractivity contribution in [2.24, 2.45) is 0 Å². The van der Waals surface area contributed by atoms with E-state index in [4.69, 9.17) is 9.47 Å². The standard InChI is InChI=1S/C24H30N2O5S/c27-24(22-9-3-4-10-23(22)31-18-20-8-7-17-30-20)25-19-11-13-21(14-12-19)32(28,29)26-15-5-1-2-6-16-26/h3-4,9-14,20H,1-2,5-8,15-18H2,(H,25,27). The van der Waals surface area contributed by atoms with Crippen LogP contribution in [0.5, 0.6) is 5.75 Å². The zero-order chi connectivity index (χ0) is 22.4. The molecule has 2 aliphatic heterocycles. The Morgan fingerprint density at radius 3 is 2.41 bits per heavy atom. The van der Waals surface area contributed by atoms with E-state index in [9.17, 15) is 13.2 Å². The van der Waals surface area contributed by atoms with Crippen LogP contribution in [0.1, 0.15) is 48.9 Å². The smallest absolute Gasteiger partial charge is 0.259 e. The molecule has 4 rings (SSSR count). The molecule has 1 amide bonds. The van der Waals surface area contributed by atoms with Gasteiger partial charge < -0.3 is 14.8 Å². The molecule has 2 aromatic carbocycles. The lowest BCUT2D eigenvalue weighted by atomic mass is 10.1. The molecule has 0 saturated carbocycles. The van der Waals surface area contributed by atoms with Crippen molar-refractivity contribution >= 4 is 21.6 Å². The largest absolute Gasteiger partial charge is 0.490 e. The zero-order valence-electron chi connectivity index (χ0n) is 18.2. The first-order valence-corrected chi connectivity index (χ1v) is 12.7. The maximum atomic E-state index is 12.9. The maximum Gasteiger partial charge on any atom is 0.259 e. The number of sulfonamides is 1. The van der Waals surface area contributed by atoms with Crippen molar-refractivity contribution in [2.75, 3.05) is 31.6 Å². The van der Waals surface area contributed by atoms with E-state index in [1.54, 1.807) is 46.8 Å². The second kappa shape index (κ2) is 10.5. The third-order valence-electron chi connectivity index (χ3n) is 5.90. The van der Waals surface area contributed by atoms with E-state index in [1.165, 1.54) is 0 Å². The Labute approximate surface area is 189 Å². The number of carbonyl (C=O) groups excluding carboxylic acids is 1. The van der Waals surface area contributed by atoms with Crippen LogP contribution in [-0.2, 0) is 14.8 Å². The Bertz CT molecular complexity index is 1010. The van der Waals surface area contributed by atoms with E-state index in [-0.39, 0.29) is 16.9 Å². The fourth-order valence-electron chi connectivity index (χ4n) is 4.08. The van der Waals surface area contributed by atoms with Crippen molar-refractivity contribution in [3.05, 3.63) is 54.1 Å². The Morgan fingerprint density at radius 2 is 1.72 bits per heavy atom. The van der Waals surface area contributed by atoms with Gasteiger partial charge >= 0.3 is 0 Å². The molecule has 0 bridgehead atoms. The highest BCUT2D eigenvalue weighted by Gasteiger charge is 2.25. The molecule has 0 aromatic heterocycles. The average Bonchev–Trinajstić information content (AvgIpc) is 3.17. The second-order valence-corrected chi connectivity index (χ2v) is 10.2. The summed E-state index contributed by atoms with van der Waals surface area (Å²) < 4.78 is 38.9. The van der Waals surface area contributed by atoms with Crippen LogP contribution in [0.3, 0.4) is 0 Å². The van der Waals surface area contributed by atoms with Crippen molar-refractivity contribution in [1.82, 2.24) is 4.31 Å². The van der Waals surface area contributed by atoms with E-state index in [1.807, 2.05) is 6.07 Å². The lowest BCUT2D eigenvalue weighted by molar-refractivity contribution is 0.0673. The summed E-state index contributed by atoms with van der Waals surface area (Å²) in [5.41, 5.74) is 0.950. The van der Waals surface area contributed by atoms with E-state index >= 15 is 0 Å². The van der Waals surface area contributed by atoms with Crippen LogP contribution in [0.15, 0.2) is 53.4 Å². The number of carbonyl (C=O) groups is 1. The molecule has 2 fully saturated rings. The van der Waals surface area contributed by atoms with Gasteiger partial charge in [-0.3, -0.25) is 4.79 Å². The second-order valence-electron chi connectivity index (χ2n) is 8.24. The molecule has 0 spiro atoms. The van der Waals surface area contributed by atoms with Crippen LogP contribution in [0, 0.1) is 0 Å². The number of nitrogens with one attached hydrogen (secondary N) is 1. The lowest BCUT2D eigenvalue weighted by Gasteiger charge is -2.20. The summed E-state index contributed by atoms with van der Waals surface area (Å²) in [4.78, 5) is 13.1. The number of benzene rings is 2. The van der Waals surface area contributed by atoms with Crippen molar-refractivity contribution < 1.29 is 22.7 Å². The van der Waals surface area contributed by atoms with Gasteiger partial charge in [-0.1, -0.05) is 25.0 Å². The van der Waals surface area contributed by atoms with E-state index in [0.29, 0.717) is 36.7 Å². The molecule has 8 heteroatoms. The van der Waals surface area contributed by atoms with E-state index in [2.05, 4.69) is 5.32 Å². The summed E-state index contributed by atoms with van der Waals surface area (Å²) in [6.45, 7) is 2.28. The zero-order valence-corrected chi connectivity index (χ0v) is 19.0. The van der Waals surface area contributed by atoms with Crippen LogP contribution in [0.25, 0.3) is 0 Å². The van der Waals surface area contributed by atoms with Gasteiger partial charge in [-0.05, 0) is 62.1 Å². The molecule has 1 atom stereocenters. The minimum atomic E-state index is -3.52. The fourth-order valence-corrected chi connectivity index (χ4v) is 5.60. The topological polar surface area (TPSA) is 84.9 Å². The molecular weight excluding hydrogens is 428 g/mol. The number of hydrogen-bond acceptors (Lipinski definition) is 5. The summed E-state index contributed by atoms with van der Waals surface area (Å²) in [5.74, 6) is 0.192. The highest BCUT2D eigenvalue weighted by molar-refractivity contribution is 7.89. The summed E-state index contributed by atoms with van der Waals surface area (Å²) >= 11 is 0. The van der Waals surface area contributed by atoms with Gasteiger partial charge in [0, 0.05) is 25.4 Å². The van der Waals surface area contributed by atoms with Gasteiger partial charge in [-0.2, -0.15) is 4.31 Å². The van der Waals surface area contributed by atoms with Gasteiger partial charge in [0.2, 0.25) is 10.0 Å². The Hall–Kier alpha value is -2.42. The minimum absolute atomic E-state index is 0.0600. The summed E-state index contributed by atoms with van der Waals surface area (Å²) in [5, 5.41) is 2.84. The number of para-hydroxylation sites is 1. The van der Waals surface area contributed by atoms with E-state index < -0.39 is 10.0 Å². The lowest BCUT2D eigenvalue weighted by Crippen LogP contribution is -2.31. The van der Waals surface area contributed by atoms with Gasteiger partial charge in [-0.25, -0.2) is 8.42 Å². The molecular formula is C24H30N2O5S. The molecule has 7 nitrogen and oxygen atoms in total. The van der Waals surface area contributed by atoms with Crippen molar-refractivity contribution in [2.45, 2.75) is 49.5 Å². The third kappa shape index (κ3) is 5.49. The van der Waals surface area contributed by atoms with Gasteiger partial charge in [0.15, 0.2) is 0 Å². The van der Waals surface area contributed by atoms with E-state index in [0.717, 1.165) is 45.1 Å². The van der Waals surface area contributed by atoms with Gasteiger partial charge in [0.1, 0.15) is 12.4 Å². The van der Waals surface area contributed by atoms with Gasteiger partial charge in [-0.15, -0.1) is 0 Å². The highest BCUT2D eigenvalue weighted by atomic mass is 32.2. The highest BCUT2D eigenvalue weighted by Crippen LogP contribution is 2.24. The molecule has 0 radical (unpaired) electrons. The predicted octanol–water partition coefficient (Wildman–Crippen LogP) is 4.06. The van der Waals surface area contributed by atoms with Crippen LogP contribution in [0.4, 0.5) is 5.69 Å². The van der Waals surface area contributed by atoms with Crippen molar-refractivity contribution in [3.8, 4) is 5.75 Å². The van der Waals surface area contributed by atoms with Crippen LogP contribution in [-0.4, -0.2) is 51.0 Å². The van der Waals surface area contributed by atoms with Crippen LogP contribution >= 0.6 is 0 Å². The Morgan fingerprint density at radius 1 is 1.00 bits per heavy atom. The number of hydrogen-bond donors (Lipinski definition) is 1. The summed E-state index contributed by atoms with van der Waals surface area (Å²) in [7, 11) is -3.52. The SMILES string of the molecule is O=C(Nc1ccc(S(=O)(=O)N2CCCCCC2)cc1)c1ccccc1OCC1CCCO1. The van der Waals surface area contributed by atoms with Crippen LogP contribution in [0.2, 0.25) is 0 Å².